The van der Waals surface area contributed by atoms with Crippen LogP contribution in [0.2, 0.25) is 0 Å². The number of ether oxygens (including phenoxy) is 1. The molecule has 1 aliphatic carbocycles. The Morgan fingerprint density at radius 1 is 1.38 bits per heavy atom. The first-order chi connectivity index (χ1) is 12.5. The summed E-state index contributed by atoms with van der Waals surface area (Å²) in [5, 5.41) is 10.7. The van der Waals surface area contributed by atoms with E-state index in [0.717, 1.165) is 25.7 Å². The number of para-hydroxylation sites is 2. The molecular weight excluding hydrogens is 352 g/mol. The van der Waals surface area contributed by atoms with E-state index in [1.807, 2.05) is 6.07 Å². The van der Waals surface area contributed by atoms with Gasteiger partial charge in [0.15, 0.2) is 4.77 Å². The zero-order valence-corrected chi connectivity index (χ0v) is 15.3. The molecule has 3 rings (SSSR count). The van der Waals surface area contributed by atoms with Crippen LogP contribution in [0.15, 0.2) is 34.1 Å². The molecule has 8 heteroatoms. The number of hydrogen-bond acceptors (Lipinski definition) is 6. The van der Waals surface area contributed by atoms with Crippen molar-refractivity contribution in [3.05, 3.63) is 45.0 Å². The van der Waals surface area contributed by atoms with E-state index >= 15 is 0 Å². The number of nitrogens with two attached hydrogens (primary N) is 1. The molecule has 0 radical (unpaired) electrons. The van der Waals surface area contributed by atoms with Gasteiger partial charge in [-0.05, 0) is 37.2 Å². The molecule has 0 aliphatic heterocycles. The van der Waals surface area contributed by atoms with E-state index in [1.54, 1.807) is 18.2 Å². The van der Waals surface area contributed by atoms with Crippen LogP contribution >= 0.6 is 12.2 Å². The maximum Gasteiger partial charge on any atom is 0.264 e. The monoisotopic (exact) mass is 374 g/mol. The molecule has 1 aromatic carbocycles. The number of nitrogens with zero attached hydrogens (tertiary/aromatic N) is 2. The van der Waals surface area contributed by atoms with Crippen LogP contribution in [0.5, 0.6) is 11.6 Å². The highest BCUT2D eigenvalue weighted by molar-refractivity contribution is 7.71. The maximum atomic E-state index is 12.3. The highest BCUT2D eigenvalue weighted by Gasteiger charge is 2.21. The summed E-state index contributed by atoms with van der Waals surface area (Å²) in [6, 6.07) is 7.01. The number of rotatable bonds is 4. The molecule has 4 N–H and O–H groups in total. The van der Waals surface area contributed by atoms with Crippen molar-refractivity contribution in [2.24, 2.45) is 10.7 Å². The van der Waals surface area contributed by atoms with Gasteiger partial charge in [-0.2, -0.15) is 0 Å². The predicted octanol–water partition coefficient (Wildman–Crippen LogP) is 2.30. The Morgan fingerprint density at radius 2 is 2.12 bits per heavy atom. The molecule has 1 aliphatic rings. The predicted molar refractivity (Wildman–Crippen MR) is 103 cm³/mol. The normalized spacial score (nSPS) is 20.4. The molecule has 2 aromatic rings. The number of aromatic hydroxyl groups is 1. The van der Waals surface area contributed by atoms with Gasteiger partial charge in [-0.15, -0.1) is 0 Å². The van der Waals surface area contributed by atoms with E-state index < -0.39 is 5.56 Å². The molecule has 26 heavy (non-hydrogen) atoms. The van der Waals surface area contributed by atoms with Gasteiger partial charge in [0.1, 0.15) is 11.3 Å². The quantitative estimate of drug-likeness (QED) is 0.562. The lowest BCUT2D eigenvalue weighted by Gasteiger charge is -2.25. The summed E-state index contributed by atoms with van der Waals surface area (Å²) in [5.41, 5.74) is 6.18. The summed E-state index contributed by atoms with van der Waals surface area (Å²) >= 11 is 5.23. The summed E-state index contributed by atoms with van der Waals surface area (Å²) < 4.78 is 6.76. The first kappa shape index (κ1) is 18.3. The lowest BCUT2D eigenvalue weighted by molar-refractivity contribution is 0.387. The van der Waals surface area contributed by atoms with E-state index in [1.165, 1.54) is 17.9 Å². The Hall–Kier alpha value is -2.45. The van der Waals surface area contributed by atoms with E-state index in [2.05, 4.69) is 9.98 Å². The van der Waals surface area contributed by atoms with Crippen LogP contribution in [0.1, 0.15) is 31.2 Å². The Labute approximate surface area is 156 Å². The Kier molecular flexibility index (Phi) is 5.53. The number of aromatic nitrogens is 2. The van der Waals surface area contributed by atoms with Gasteiger partial charge in [-0.3, -0.25) is 19.3 Å². The van der Waals surface area contributed by atoms with Gasteiger partial charge < -0.3 is 15.6 Å². The van der Waals surface area contributed by atoms with Crippen LogP contribution in [0.25, 0.3) is 5.69 Å². The molecule has 1 heterocycles. The third-order valence-electron chi connectivity index (χ3n) is 4.62. The zero-order chi connectivity index (χ0) is 18.7. The average Bonchev–Trinajstić information content (AvgIpc) is 2.63. The Bertz CT molecular complexity index is 935. The Balaban J connectivity index is 2.08. The second kappa shape index (κ2) is 7.84. The summed E-state index contributed by atoms with van der Waals surface area (Å²) in [6.45, 7) is 0. The standard InChI is InChI=1S/C18H22N4O3S/c1-25-15-9-5-4-8-14(15)22-17(24)11(16(23)21-18(22)26)10-20-13-7-3-2-6-12(13)19/h4-5,8-10,12-13,24H,2-3,6-7,19H2,1H3,(H,21,23,26)/t12-,13+/m0/s1. The molecule has 7 nitrogen and oxygen atoms in total. The Morgan fingerprint density at radius 3 is 2.85 bits per heavy atom. The molecule has 1 fully saturated rings. The summed E-state index contributed by atoms with van der Waals surface area (Å²) in [5.74, 6) is 0.236. The summed E-state index contributed by atoms with van der Waals surface area (Å²) in [7, 11) is 1.53. The second-order valence-electron chi connectivity index (χ2n) is 6.30. The number of benzene rings is 1. The van der Waals surface area contributed by atoms with Crippen LogP contribution < -0.4 is 16.0 Å². The van der Waals surface area contributed by atoms with Gasteiger partial charge in [0.05, 0.1) is 18.8 Å². The van der Waals surface area contributed by atoms with Crippen molar-refractivity contribution < 1.29 is 9.84 Å². The number of methoxy groups -OCH3 is 1. The average molecular weight is 374 g/mol. The minimum atomic E-state index is -0.494. The van der Waals surface area contributed by atoms with Gasteiger partial charge in [0.25, 0.3) is 5.56 Å². The molecule has 1 aromatic heterocycles. The third-order valence-corrected chi connectivity index (χ3v) is 4.91. The third kappa shape index (κ3) is 3.56. The molecule has 0 bridgehead atoms. The van der Waals surface area contributed by atoms with Gasteiger partial charge in [0.2, 0.25) is 5.88 Å². The number of H-pyrrole nitrogens is 1. The van der Waals surface area contributed by atoms with Crippen molar-refractivity contribution in [1.82, 2.24) is 9.55 Å². The fourth-order valence-corrected chi connectivity index (χ4v) is 3.47. The lowest BCUT2D eigenvalue weighted by atomic mass is 9.91. The molecule has 138 valence electrons. The molecule has 0 unspecified atom stereocenters. The minimum absolute atomic E-state index is 0.0270. The topological polar surface area (TPSA) is 106 Å². The van der Waals surface area contributed by atoms with Crippen LogP contribution in [0, 0.1) is 4.77 Å². The van der Waals surface area contributed by atoms with Gasteiger partial charge >= 0.3 is 0 Å². The van der Waals surface area contributed by atoms with Crippen molar-refractivity contribution in [2.45, 2.75) is 37.8 Å². The first-order valence-corrected chi connectivity index (χ1v) is 8.94. The molecule has 2 atom stereocenters. The molecule has 0 amide bonds. The van der Waals surface area contributed by atoms with Crippen LogP contribution in [-0.2, 0) is 0 Å². The minimum Gasteiger partial charge on any atom is -0.495 e. The van der Waals surface area contributed by atoms with Crippen molar-refractivity contribution >= 4 is 18.4 Å². The summed E-state index contributed by atoms with van der Waals surface area (Å²) in [4.78, 5) is 19.3. The zero-order valence-electron chi connectivity index (χ0n) is 14.5. The molecule has 1 saturated carbocycles. The first-order valence-electron chi connectivity index (χ1n) is 8.53. The van der Waals surface area contributed by atoms with E-state index in [-0.39, 0.29) is 28.3 Å². The largest absolute Gasteiger partial charge is 0.495 e. The van der Waals surface area contributed by atoms with Gasteiger partial charge in [-0.25, -0.2) is 0 Å². The lowest BCUT2D eigenvalue weighted by Crippen LogP contribution is -2.36. The second-order valence-corrected chi connectivity index (χ2v) is 6.68. The van der Waals surface area contributed by atoms with Crippen molar-refractivity contribution in [3.8, 4) is 17.3 Å². The van der Waals surface area contributed by atoms with Crippen molar-refractivity contribution in [2.75, 3.05) is 7.11 Å². The highest BCUT2D eigenvalue weighted by Crippen LogP contribution is 2.27. The molecule has 0 saturated heterocycles. The van der Waals surface area contributed by atoms with Crippen LogP contribution in [0.3, 0.4) is 0 Å². The molecule has 0 spiro atoms. The fraction of sp³-hybridized carbons (Fsp3) is 0.389. The van der Waals surface area contributed by atoms with Gasteiger partial charge in [-0.1, -0.05) is 25.0 Å². The fourth-order valence-electron chi connectivity index (χ4n) is 3.19. The molecular formula is C18H22N4O3S. The van der Waals surface area contributed by atoms with E-state index in [0.29, 0.717) is 11.4 Å². The number of nitrogens with one attached hydrogen (secondary N) is 1. The SMILES string of the molecule is COc1ccccc1-n1c(O)c(C=N[C@@H]2CCCC[C@@H]2N)c(=O)[nH]c1=S. The van der Waals surface area contributed by atoms with Crippen molar-refractivity contribution in [3.63, 3.8) is 0 Å². The highest BCUT2D eigenvalue weighted by atomic mass is 32.1. The van der Waals surface area contributed by atoms with E-state index in [4.69, 9.17) is 22.7 Å². The summed E-state index contributed by atoms with van der Waals surface area (Å²) in [6.07, 6.45) is 5.34. The van der Waals surface area contributed by atoms with Crippen molar-refractivity contribution in [1.29, 1.82) is 0 Å². The van der Waals surface area contributed by atoms with Crippen LogP contribution in [-0.4, -0.2) is 40.1 Å². The van der Waals surface area contributed by atoms with E-state index in [9.17, 15) is 9.90 Å². The number of aromatic amines is 1. The smallest absolute Gasteiger partial charge is 0.264 e. The van der Waals surface area contributed by atoms with Gasteiger partial charge in [0, 0.05) is 12.3 Å². The number of hydrogen-bond donors (Lipinski definition) is 3. The maximum absolute atomic E-state index is 12.3. The number of aliphatic imine (C=N–C) groups is 1. The van der Waals surface area contributed by atoms with Crippen LogP contribution in [0.4, 0.5) is 0 Å².